The van der Waals surface area contributed by atoms with Gasteiger partial charge in [-0.05, 0) is 24.6 Å². The number of aromatic nitrogens is 2. The summed E-state index contributed by atoms with van der Waals surface area (Å²) in [5.41, 5.74) is 5.71. The fourth-order valence-corrected chi connectivity index (χ4v) is 3.87. The number of aryl methyl sites for hydroxylation is 1. The van der Waals surface area contributed by atoms with Gasteiger partial charge in [-0.3, -0.25) is 4.68 Å². The molecular formula is C12H14Cl2N4O2S. The molecule has 0 aliphatic carbocycles. The Bertz CT molecular complexity index is 694. The second-order valence-electron chi connectivity index (χ2n) is 4.33. The van der Waals surface area contributed by atoms with Gasteiger partial charge in [0, 0.05) is 30.5 Å². The van der Waals surface area contributed by atoms with Crippen molar-refractivity contribution in [3.05, 3.63) is 40.6 Å². The predicted octanol–water partition coefficient (Wildman–Crippen LogP) is 2.14. The molecule has 0 saturated carbocycles. The minimum atomic E-state index is -3.77. The van der Waals surface area contributed by atoms with Crippen molar-refractivity contribution in [2.75, 3.05) is 12.3 Å². The van der Waals surface area contributed by atoms with Gasteiger partial charge in [0.15, 0.2) is 0 Å². The summed E-state index contributed by atoms with van der Waals surface area (Å²) in [6.07, 6.45) is 4.06. The van der Waals surface area contributed by atoms with Gasteiger partial charge in [0.05, 0.1) is 10.7 Å². The van der Waals surface area contributed by atoms with Crippen molar-refractivity contribution in [3.63, 3.8) is 0 Å². The summed E-state index contributed by atoms with van der Waals surface area (Å²) in [6.45, 7) is 0.861. The molecule has 0 spiro atoms. The molecule has 9 heteroatoms. The van der Waals surface area contributed by atoms with Crippen LogP contribution in [0.15, 0.2) is 35.5 Å². The van der Waals surface area contributed by atoms with Crippen LogP contribution in [0.1, 0.15) is 6.42 Å². The zero-order valence-electron chi connectivity index (χ0n) is 11.0. The molecule has 2 rings (SSSR count). The van der Waals surface area contributed by atoms with Gasteiger partial charge in [-0.15, -0.1) is 0 Å². The van der Waals surface area contributed by atoms with Gasteiger partial charge in [-0.1, -0.05) is 23.2 Å². The first-order valence-electron chi connectivity index (χ1n) is 6.12. The summed E-state index contributed by atoms with van der Waals surface area (Å²) in [6, 6.07) is 4.50. The van der Waals surface area contributed by atoms with E-state index in [2.05, 4.69) is 9.82 Å². The van der Waals surface area contributed by atoms with Gasteiger partial charge in [-0.25, -0.2) is 13.1 Å². The fraction of sp³-hybridized carbons (Fsp3) is 0.250. The molecular weight excluding hydrogens is 335 g/mol. The van der Waals surface area contributed by atoms with Gasteiger partial charge in [0.25, 0.3) is 0 Å². The van der Waals surface area contributed by atoms with Crippen LogP contribution in [0.25, 0.3) is 0 Å². The van der Waals surface area contributed by atoms with Crippen LogP contribution in [0.4, 0.5) is 5.69 Å². The second-order valence-corrected chi connectivity index (χ2v) is 6.87. The molecule has 0 aliphatic rings. The lowest BCUT2D eigenvalue weighted by molar-refractivity contribution is 0.553. The largest absolute Gasteiger partial charge is 0.398 e. The van der Waals surface area contributed by atoms with Gasteiger partial charge >= 0.3 is 0 Å². The molecule has 0 radical (unpaired) electrons. The van der Waals surface area contributed by atoms with Gasteiger partial charge in [0.2, 0.25) is 10.0 Å². The Kier molecular flexibility index (Phi) is 5.10. The van der Waals surface area contributed by atoms with Crippen molar-refractivity contribution >= 4 is 38.9 Å². The molecule has 1 aromatic heterocycles. The Morgan fingerprint density at radius 3 is 2.71 bits per heavy atom. The van der Waals surface area contributed by atoms with Gasteiger partial charge in [-0.2, -0.15) is 5.10 Å². The number of hydrogen-bond acceptors (Lipinski definition) is 4. The summed E-state index contributed by atoms with van der Waals surface area (Å²) in [7, 11) is -3.77. The van der Waals surface area contributed by atoms with E-state index in [0.29, 0.717) is 13.0 Å². The minimum absolute atomic E-state index is 0.000392. The molecule has 0 unspecified atom stereocenters. The predicted molar refractivity (Wildman–Crippen MR) is 82.9 cm³/mol. The zero-order valence-corrected chi connectivity index (χ0v) is 13.3. The number of nitrogens with zero attached hydrogens (tertiary/aromatic N) is 2. The summed E-state index contributed by atoms with van der Waals surface area (Å²) >= 11 is 11.7. The molecule has 0 atom stereocenters. The summed E-state index contributed by atoms with van der Waals surface area (Å²) in [4.78, 5) is -0.146. The Morgan fingerprint density at radius 1 is 1.33 bits per heavy atom. The van der Waals surface area contributed by atoms with Crippen LogP contribution < -0.4 is 10.5 Å². The average Bonchev–Trinajstić information content (AvgIpc) is 2.86. The van der Waals surface area contributed by atoms with E-state index in [1.54, 1.807) is 16.9 Å². The van der Waals surface area contributed by atoms with Crippen LogP contribution in [-0.4, -0.2) is 24.7 Å². The third-order valence-electron chi connectivity index (χ3n) is 2.72. The number of anilines is 1. The van der Waals surface area contributed by atoms with Crippen LogP contribution in [0.3, 0.4) is 0 Å². The number of hydrogen-bond donors (Lipinski definition) is 2. The zero-order chi connectivity index (χ0) is 15.5. The topological polar surface area (TPSA) is 90.0 Å². The molecule has 0 fully saturated rings. The molecule has 0 bridgehead atoms. The van der Waals surface area contributed by atoms with Crippen LogP contribution in [0.5, 0.6) is 0 Å². The van der Waals surface area contributed by atoms with E-state index >= 15 is 0 Å². The first kappa shape index (κ1) is 16.1. The Balaban J connectivity index is 2.02. The van der Waals surface area contributed by atoms with E-state index in [4.69, 9.17) is 28.9 Å². The van der Waals surface area contributed by atoms with E-state index in [9.17, 15) is 8.42 Å². The highest BCUT2D eigenvalue weighted by Gasteiger charge is 2.21. The standard InChI is InChI=1S/C12H14Cl2N4O2S/c13-9-7-10(14)12(11(15)8-9)21(19,20)17-4-2-6-18-5-1-3-16-18/h1,3,5,7-8,17H,2,4,6,15H2. The van der Waals surface area contributed by atoms with Gasteiger partial charge < -0.3 is 5.73 Å². The number of nitrogen functional groups attached to an aromatic ring is 1. The van der Waals surface area contributed by atoms with Crippen LogP contribution in [0.2, 0.25) is 10.0 Å². The van der Waals surface area contributed by atoms with Crippen LogP contribution in [-0.2, 0) is 16.6 Å². The van der Waals surface area contributed by atoms with E-state index in [-0.39, 0.29) is 27.2 Å². The lowest BCUT2D eigenvalue weighted by Crippen LogP contribution is -2.26. The van der Waals surface area contributed by atoms with E-state index in [1.807, 2.05) is 6.20 Å². The summed E-state index contributed by atoms with van der Waals surface area (Å²) < 4.78 is 28.6. The minimum Gasteiger partial charge on any atom is -0.398 e. The number of sulfonamides is 1. The van der Waals surface area contributed by atoms with Crippen molar-refractivity contribution in [2.24, 2.45) is 0 Å². The number of nitrogens with one attached hydrogen (secondary N) is 1. The smallest absolute Gasteiger partial charge is 0.244 e. The number of halogens is 2. The molecule has 21 heavy (non-hydrogen) atoms. The Morgan fingerprint density at radius 2 is 2.10 bits per heavy atom. The molecule has 6 nitrogen and oxygen atoms in total. The molecule has 0 saturated heterocycles. The maximum Gasteiger partial charge on any atom is 0.244 e. The summed E-state index contributed by atoms with van der Waals surface area (Å²) in [5, 5.41) is 4.32. The number of nitrogens with two attached hydrogens (primary N) is 1. The van der Waals surface area contributed by atoms with E-state index in [1.165, 1.54) is 12.1 Å². The second kappa shape index (κ2) is 6.65. The SMILES string of the molecule is Nc1cc(Cl)cc(Cl)c1S(=O)(=O)NCCCn1cccn1. The first-order valence-corrected chi connectivity index (χ1v) is 8.35. The van der Waals surface area contributed by atoms with Crippen molar-refractivity contribution in [3.8, 4) is 0 Å². The molecule has 0 aliphatic heterocycles. The Hall–Kier alpha value is -1.28. The number of benzene rings is 1. The molecule has 2 aromatic rings. The van der Waals surface area contributed by atoms with Crippen molar-refractivity contribution < 1.29 is 8.42 Å². The third kappa shape index (κ3) is 4.10. The maximum absolute atomic E-state index is 12.2. The van der Waals surface area contributed by atoms with Gasteiger partial charge in [0.1, 0.15) is 4.90 Å². The van der Waals surface area contributed by atoms with E-state index in [0.717, 1.165) is 0 Å². The monoisotopic (exact) mass is 348 g/mol. The van der Waals surface area contributed by atoms with E-state index < -0.39 is 10.0 Å². The first-order chi connectivity index (χ1) is 9.90. The average molecular weight is 349 g/mol. The fourth-order valence-electron chi connectivity index (χ4n) is 1.82. The lowest BCUT2D eigenvalue weighted by Gasteiger charge is -2.11. The highest BCUT2D eigenvalue weighted by Crippen LogP contribution is 2.30. The highest BCUT2D eigenvalue weighted by atomic mass is 35.5. The molecule has 3 N–H and O–H groups in total. The van der Waals surface area contributed by atoms with Crippen LogP contribution in [0, 0.1) is 0 Å². The van der Waals surface area contributed by atoms with Crippen molar-refractivity contribution in [1.29, 1.82) is 0 Å². The summed E-state index contributed by atoms with van der Waals surface area (Å²) in [5.74, 6) is 0. The Labute approximate surface area is 132 Å². The highest BCUT2D eigenvalue weighted by molar-refractivity contribution is 7.89. The normalized spacial score (nSPS) is 11.7. The van der Waals surface area contributed by atoms with Crippen molar-refractivity contribution in [1.82, 2.24) is 14.5 Å². The molecule has 0 amide bonds. The molecule has 114 valence electrons. The molecule has 1 aromatic carbocycles. The maximum atomic E-state index is 12.2. The van der Waals surface area contributed by atoms with Crippen LogP contribution >= 0.6 is 23.2 Å². The third-order valence-corrected chi connectivity index (χ3v) is 4.93. The van der Waals surface area contributed by atoms with Crippen molar-refractivity contribution in [2.45, 2.75) is 17.9 Å². The number of rotatable bonds is 6. The lowest BCUT2D eigenvalue weighted by atomic mass is 10.3. The quantitative estimate of drug-likeness (QED) is 0.618. The molecule has 1 heterocycles.